The van der Waals surface area contributed by atoms with Crippen molar-refractivity contribution in [2.24, 2.45) is 0 Å². The number of likely N-dealkylation sites (N-methyl/N-ethyl adjacent to an activating group) is 1. The van der Waals surface area contributed by atoms with Crippen LogP contribution in [0.5, 0.6) is 0 Å². The van der Waals surface area contributed by atoms with Crippen molar-refractivity contribution in [2.75, 3.05) is 40.9 Å². The van der Waals surface area contributed by atoms with E-state index in [1.54, 1.807) is 0 Å². The lowest BCUT2D eigenvalue weighted by Crippen LogP contribution is -2.47. The molecule has 0 aromatic carbocycles. The van der Waals surface area contributed by atoms with E-state index in [4.69, 9.17) is 13.8 Å². The second-order valence-corrected chi connectivity index (χ2v) is 25.1. The molecule has 3 atom stereocenters. The molecule has 0 saturated heterocycles. The molecular weight excluding hydrogens is 976 g/mol. The lowest BCUT2D eigenvalue weighted by molar-refractivity contribution is -0.870. The molecule has 0 aromatic heterocycles. The average molecular weight is 1100 g/mol. The summed E-state index contributed by atoms with van der Waals surface area (Å²) in [6.07, 6.45) is 71.2. The fraction of sp³-hybridized carbons (Fsp3) is 0.851. The topological polar surface area (TPSA) is 111 Å². The highest BCUT2D eigenvalue weighted by Crippen LogP contribution is 2.43. The minimum absolute atomic E-state index is 0.0392. The molecule has 0 fully saturated rings. The van der Waals surface area contributed by atoms with Crippen molar-refractivity contribution in [2.45, 2.75) is 328 Å². The van der Waals surface area contributed by atoms with Gasteiger partial charge in [-0.05, 0) is 89.5 Å². The van der Waals surface area contributed by atoms with E-state index in [-0.39, 0.29) is 31.5 Å². The molecule has 0 aliphatic heterocycles. The van der Waals surface area contributed by atoms with Gasteiger partial charge in [-0.2, -0.15) is 0 Å². The summed E-state index contributed by atoms with van der Waals surface area (Å²) in [6, 6.07) is -0.852. The maximum Gasteiger partial charge on any atom is 0.472 e. The van der Waals surface area contributed by atoms with E-state index in [1.165, 1.54) is 205 Å². The minimum Gasteiger partial charge on any atom is -0.456 e. The molecule has 0 spiro atoms. The summed E-state index contributed by atoms with van der Waals surface area (Å²) in [7, 11) is 1.50. The number of carbonyl (C=O) groups excluding carboxylic acids is 2. The van der Waals surface area contributed by atoms with Crippen LogP contribution in [-0.4, -0.2) is 74.3 Å². The van der Waals surface area contributed by atoms with Gasteiger partial charge in [-0.3, -0.25) is 18.6 Å². The van der Waals surface area contributed by atoms with Crippen LogP contribution < -0.4 is 5.32 Å². The first kappa shape index (κ1) is 75.0. The number of rotatable bonds is 60. The SMILES string of the molecule is CCCCC/C=C\C/C=C\CCCCCCCCCCCCCCCCCC(=O)NC(COP(=O)(O)OCC[N+](C)(C)C)C(/C=C\CCCCCCCCCCCCC)OC(=O)CCCCC/C=C\CCCCCCCC. The van der Waals surface area contributed by atoms with Crippen molar-refractivity contribution in [1.29, 1.82) is 0 Å². The first-order valence-corrected chi connectivity index (χ1v) is 34.5. The lowest BCUT2D eigenvalue weighted by Gasteiger charge is -2.27. The van der Waals surface area contributed by atoms with Crippen molar-refractivity contribution >= 4 is 19.7 Å². The molecule has 0 aromatic rings. The van der Waals surface area contributed by atoms with Crippen LogP contribution in [0.4, 0.5) is 0 Å². The zero-order valence-corrected chi connectivity index (χ0v) is 52.6. The van der Waals surface area contributed by atoms with Crippen molar-refractivity contribution in [3.05, 3.63) is 48.6 Å². The van der Waals surface area contributed by atoms with Crippen LogP contribution >= 0.6 is 7.82 Å². The van der Waals surface area contributed by atoms with Crippen LogP contribution in [0.15, 0.2) is 48.6 Å². The van der Waals surface area contributed by atoms with Crippen LogP contribution in [0, 0.1) is 0 Å². The predicted octanol–water partition coefficient (Wildman–Crippen LogP) is 20.5. The van der Waals surface area contributed by atoms with Gasteiger partial charge in [0.1, 0.15) is 19.3 Å². The number of carbonyl (C=O) groups is 2. The number of quaternary nitrogens is 1. The molecule has 0 aliphatic rings. The van der Waals surface area contributed by atoms with Gasteiger partial charge in [0.2, 0.25) is 5.91 Å². The lowest BCUT2D eigenvalue weighted by atomic mass is 10.0. The number of allylic oxidation sites excluding steroid dienone is 7. The summed E-state index contributed by atoms with van der Waals surface area (Å²) in [4.78, 5) is 37.7. The number of nitrogens with one attached hydrogen (secondary N) is 1. The minimum atomic E-state index is -4.45. The Bertz CT molecular complexity index is 1460. The standard InChI is InChI=1S/C67H127N2O7P/c1-7-10-13-16-19-22-25-28-29-30-31-32-33-34-35-36-37-38-39-42-44-47-50-53-56-59-66(70)68-64(63-75-77(72,73)74-62-61-69(4,5)6)65(58-55-52-49-46-43-40-26-23-20-17-14-11-8-2)76-67(71)60-57-54-51-48-45-41-27-24-21-18-15-12-9-3/h19,22,28-29,41,45,55,58,64-65H,7-18,20-21,23-27,30-40,42-44,46-54,56-57,59-63H2,1-6H3,(H-,68,70,72,73)/p+1/b22-19-,29-28-,45-41-,58-55-. The third-order valence-corrected chi connectivity index (χ3v) is 15.7. The van der Waals surface area contributed by atoms with Gasteiger partial charge in [0, 0.05) is 12.8 Å². The van der Waals surface area contributed by atoms with E-state index < -0.39 is 20.0 Å². The average Bonchev–Trinajstić information content (AvgIpc) is 3.39. The molecule has 0 heterocycles. The number of esters is 1. The highest BCUT2D eigenvalue weighted by atomic mass is 31.2. The normalized spacial score (nSPS) is 13.9. The Kier molecular flexibility index (Phi) is 55.7. The third kappa shape index (κ3) is 58.4. The maximum absolute atomic E-state index is 13.6. The van der Waals surface area contributed by atoms with Crippen LogP contribution in [0.25, 0.3) is 0 Å². The van der Waals surface area contributed by atoms with Crippen molar-refractivity contribution in [1.82, 2.24) is 5.32 Å². The summed E-state index contributed by atoms with van der Waals surface area (Å²) in [6.45, 7) is 7.00. The predicted molar refractivity (Wildman–Crippen MR) is 332 cm³/mol. The molecule has 452 valence electrons. The highest BCUT2D eigenvalue weighted by molar-refractivity contribution is 7.47. The fourth-order valence-electron chi connectivity index (χ4n) is 9.61. The van der Waals surface area contributed by atoms with E-state index in [1.807, 2.05) is 33.3 Å². The monoisotopic (exact) mass is 1100 g/mol. The Morgan fingerprint density at radius 2 is 0.792 bits per heavy atom. The second-order valence-electron chi connectivity index (χ2n) is 23.6. The van der Waals surface area contributed by atoms with Gasteiger partial charge in [-0.1, -0.05) is 262 Å². The fourth-order valence-corrected chi connectivity index (χ4v) is 10.3. The van der Waals surface area contributed by atoms with Crippen molar-refractivity contribution in [3.63, 3.8) is 0 Å². The van der Waals surface area contributed by atoms with Crippen molar-refractivity contribution in [3.8, 4) is 0 Å². The van der Waals surface area contributed by atoms with Crippen LogP contribution in [0.1, 0.15) is 316 Å². The van der Waals surface area contributed by atoms with Gasteiger partial charge < -0.3 is 19.4 Å². The number of unbranched alkanes of at least 4 members (excludes halogenated alkanes) is 38. The summed E-state index contributed by atoms with van der Waals surface area (Å²) in [5, 5.41) is 3.06. The molecule has 0 rings (SSSR count). The number of hydrogen-bond acceptors (Lipinski definition) is 6. The van der Waals surface area contributed by atoms with E-state index in [0.717, 1.165) is 77.0 Å². The Morgan fingerprint density at radius 3 is 1.22 bits per heavy atom. The Labute approximate surface area is 478 Å². The molecule has 0 aliphatic carbocycles. The summed E-state index contributed by atoms with van der Waals surface area (Å²) in [5.41, 5.74) is 0. The molecular formula is C67H128N2O7P+. The molecule has 2 N–H and O–H groups in total. The number of ether oxygens (including phenoxy) is 1. The van der Waals surface area contributed by atoms with Crippen molar-refractivity contribution < 1.29 is 37.3 Å². The zero-order chi connectivity index (χ0) is 56.4. The van der Waals surface area contributed by atoms with Gasteiger partial charge in [0.25, 0.3) is 0 Å². The van der Waals surface area contributed by atoms with Crippen LogP contribution in [0.2, 0.25) is 0 Å². The Morgan fingerprint density at radius 1 is 0.455 bits per heavy atom. The molecule has 0 radical (unpaired) electrons. The van der Waals surface area contributed by atoms with Crippen LogP contribution in [-0.2, 0) is 27.9 Å². The van der Waals surface area contributed by atoms with Gasteiger partial charge >= 0.3 is 13.8 Å². The largest absolute Gasteiger partial charge is 0.472 e. The quantitative estimate of drug-likeness (QED) is 0.0205. The summed E-state index contributed by atoms with van der Waals surface area (Å²) < 4.78 is 30.7. The van der Waals surface area contributed by atoms with Gasteiger partial charge in [-0.25, -0.2) is 4.57 Å². The number of phosphoric ester groups is 1. The zero-order valence-electron chi connectivity index (χ0n) is 51.7. The Hall–Kier alpha value is -2.03. The van der Waals surface area contributed by atoms with E-state index in [2.05, 4.69) is 62.5 Å². The first-order valence-electron chi connectivity index (χ1n) is 33.0. The number of phosphoric acid groups is 1. The van der Waals surface area contributed by atoms with Gasteiger partial charge in [0.15, 0.2) is 0 Å². The maximum atomic E-state index is 13.6. The smallest absolute Gasteiger partial charge is 0.456 e. The number of amides is 1. The van der Waals surface area contributed by atoms with E-state index in [0.29, 0.717) is 17.4 Å². The molecule has 0 saturated carbocycles. The molecule has 1 amide bonds. The summed E-state index contributed by atoms with van der Waals surface area (Å²) >= 11 is 0. The third-order valence-electron chi connectivity index (χ3n) is 14.7. The van der Waals surface area contributed by atoms with Gasteiger partial charge in [0.05, 0.1) is 33.8 Å². The first-order chi connectivity index (χ1) is 37.4. The molecule has 0 bridgehead atoms. The van der Waals surface area contributed by atoms with E-state index >= 15 is 0 Å². The Balaban J connectivity index is 5.09. The number of hydrogen-bond donors (Lipinski definition) is 2. The van der Waals surface area contributed by atoms with Crippen LogP contribution in [0.3, 0.4) is 0 Å². The molecule has 9 nitrogen and oxygen atoms in total. The molecule has 77 heavy (non-hydrogen) atoms. The molecule has 3 unspecified atom stereocenters. The number of nitrogens with zero attached hydrogens (tertiary/aromatic N) is 1. The van der Waals surface area contributed by atoms with Gasteiger partial charge in [-0.15, -0.1) is 0 Å². The van der Waals surface area contributed by atoms with E-state index in [9.17, 15) is 19.0 Å². The molecule has 10 heteroatoms. The summed E-state index contributed by atoms with van der Waals surface area (Å²) in [5.74, 6) is -0.513. The second kappa shape index (κ2) is 57.2. The highest BCUT2D eigenvalue weighted by Gasteiger charge is 2.30.